The molecule has 3 rings (SSSR count). The predicted octanol–water partition coefficient (Wildman–Crippen LogP) is 1.52. The molecular weight excluding hydrogens is 367 g/mol. The van der Waals surface area contributed by atoms with Crippen LogP contribution in [0.25, 0.3) is 10.9 Å². The molecule has 0 aliphatic rings. The fourth-order valence-electron chi connectivity index (χ4n) is 2.80. The van der Waals surface area contributed by atoms with E-state index < -0.39 is 23.2 Å². The lowest BCUT2D eigenvalue weighted by molar-refractivity contribution is 0.0694. The van der Waals surface area contributed by atoms with Crippen LogP contribution in [-0.4, -0.2) is 33.7 Å². The van der Waals surface area contributed by atoms with E-state index >= 15 is 0 Å². The Labute approximate surface area is 158 Å². The molecule has 144 valence electrons. The van der Waals surface area contributed by atoms with Gasteiger partial charge in [0.1, 0.15) is 16.9 Å². The summed E-state index contributed by atoms with van der Waals surface area (Å²) in [5.41, 5.74) is 11.2. The Hall–Kier alpha value is -3.56. The van der Waals surface area contributed by atoms with Crippen molar-refractivity contribution in [1.82, 2.24) is 15.8 Å². The summed E-state index contributed by atoms with van der Waals surface area (Å²) in [6.45, 7) is -0.0262. The molecule has 0 unspecified atom stereocenters. The highest BCUT2D eigenvalue weighted by molar-refractivity contribution is 6.11. The van der Waals surface area contributed by atoms with Crippen molar-refractivity contribution >= 4 is 22.8 Å². The van der Waals surface area contributed by atoms with Crippen molar-refractivity contribution in [2.45, 2.75) is 6.42 Å². The molecule has 1 amide bonds. The second-order valence-corrected chi connectivity index (χ2v) is 6.00. The summed E-state index contributed by atoms with van der Waals surface area (Å²) < 4.78 is 13.1. The standard InChI is InChI=1S/C19H17FN4O4/c20-12-3-1-10(2-4-12)5-11-6-13-14(18(26)24-23-9-21)7-15(19(27)28)17(25)16(13)22-8-11/h1-4,6-8,23,25H,5,9,21H2,(H,24,26)(H,27,28). The van der Waals surface area contributed by atoms with E-state index in [9.17, 15) is 24.2 Å². The van der Waals surface area contributed by atoms with E-state index in [1.54, 1.807) is 18.2 Å². The number of amides is 1. The van der Waals surface area contributed by atoms with E-state index in [4.69, 9.17) is 5.73 Å². The lowest BCUT2D eigenvalue weighted by Crippen LogP contribution is -2.40. The number of benzene rings is 2. The summed E-state index contributed by atoms with van der Waals surface area (Å²) in [5.74, 6) is -2.90. The third-order valence-electron chi connectivity index (χ3n) is 4.10. The minimum atomic E-state index is -1.39. The van der Waals surface area contributed by atoms with Crippen LogP contribution >= 0.6 is 0 Å². The first-order valence-electron chi connectivity index (χ1n) is 8.26. The van der Waals surface area contributed by atoms with Crippen LogP contribution < -0.4 is 16.6 Å². The van der Waals surface area contributed by atoms with Crippen molar-refractivity contribution in [2.24, 2.45) is 5.73 Å². The summed E-state index contributed by atoms with van der Waals surface area (Å²) in [6, 6.07) is 8.65. The number of nitrogens with zero attached hydrogens (tertiary/aromatic N) is 1. The van der Waals surface area contributed by atoms with E-state index in [2.05, 4.69) is 15.8 Å². The van der Waals surface area contributed by atoms with E-state index in [1.807, 2.05) is 0 Å². The molecular formula is C19H17FN4O4. The van der Waals surface area contributed by atoms with E-state index in [1.165, 1.54) is 18.3 Å². The molecule has 8 nitrogen and oxygen atoms in total. The number of aromatic hydroxyl groups is 1. The van der Waals surface area contributed by atoms with Crippen LogP contribution in [-0.2, 0) is 6.42 Å². The maximum atomic E-state index is 13.1. The smallest absolute Gasteiger partial charge is 0.339 e. The molecule has 0 saturated heterocycles. The van der Waals surface area contributed by atoms with Crippen LogP contribution in [0.3, 0.4) is 0 Å². The molecule has 0 spiro atoms. The van der Waals surface area contributed by atoms with Gasteiger partial charge in [0, 0.05) is 11.6 Å². The molecule has 9 heteroatoms. The molecule has 6 N–H and O–H groups in total. The fraction of sp³-hybridized carbons (Fsp3) is 0.105. The minimum Gasteiger partial charge on any atom is -0.505 e. The van der Waals surface area contributed by atoms with Crippen molar-refractivity contribution in [3.63, 3.8) is 0 Å². The van der Waals surface area contributed by atoms with E-state index in [-0.39, 0.29) is 29.0 Å². The van der Waals surface area contributed by atoms with E-state index in [0.717, 1.165) is 11.6 Å². The number of hydrogen-bond donors (Lipinski definition) is 5. The number of pyridine rings is 1. The van der Waals surface area contributed by atoms with Crippen molar-refractivity contribution in [3.05, 3.63) is 70.7 Å². The Kier molecular flexibility index (Phi) is 5.48. The second-order valence-electron chi connectivity index (χ2n) is 6.00. The topological polar surface area (TPSA) is 138 Å². The quantitative estimate of drug-likeness (QED) is 0.321. The fourth-order valence-corrected chi connectivity index (χ4v) is 2.80. The summed E-state index contributed by atoms with van der Waals surface area (Å²) in [7, 11) is 0. The number of rotatable bonds is 6. The Morgan fingerprint density at radius 3 is 2.46 bits per heavy atom. The zero-order valence-electron chi connectivity index (χ0n) is 14.6. The highest BCUT2D eigenvalue weighted by Crippen LogP contribution is 2.31. The third kappa shape index (κ3) is 3.90. The average molecular weight is 384 g/mol. The van der Waals surface area contributed by atoms with Crippen LogP contribution in [0.1, 0.15) is 31.8 Å². The van der Waals surface area contributed by atoms with Crippen molar-refractivity contribution in [1.29, 1.82) is 0 Å². The number of halogens is 1. The van der Waals surface area contributed by atoms with Gasteiger partial charge in [-0.15, -0.1) is 0 Å². The Morgan fingerprint density at radius 1 is 1.11 bits per heavy atom. The van der Waals surface area contributed by atoms with Gasteiger partial charge >= 0.3 is 5.97 Å². The lowest BCUT2D eigenvalue weighted by Gasteiger charge is -2.12. The average Bonchev–Trinajstić information content (AvgIpc) is 2.68. The molecule has 0 saturated carbocycles. The highest BCUT2D eigenvalue weighted by Gasteiger charge is 2.21. The normalized spacial score (nSPS) is 10.8. The van der Waals surface area contributed by atoms with Crippen LogP contribution in [0.5, 0.6) is 5.75 Å². The van der Waals surface area contributed by atoms with Crippen LogP contribution in [0.15, 0.2) is 42.6 Å². The number of nitrogens with one attached hydrogen (secondary N) is 2. The van der Waals surface area contributed by atoms with Gasteiger partial charge < -0.3 is 15.9 Å². The molecule has 1 heterocycles. The molecule has 0 bridgehead atoms. The van der Waals surface area contributed by atoms with Crippen molar-refractivity contribution in [2.75, 3.05) is 6.67 Å². The van der Waals surface area contributed by atoms with Gasteiger partial charge in [-0.05, 0) is 41.8 Å². The number of aromatic carboxylic acids is 1. The number of nitrogens with two attached hydrogens (primary N) is 1. The first-order chi connectivity index (χ1) is 13.4. The monoisotopic (exact) mass is 384 g/mol. The number of carbonyl (C=O) groups excluding carboxylic acids is 1. The molecule has 0 radical (unpaired) electrons. The maximum Gasteiger partial charge on any atom is 0.339 e. The molecule has 28 heavy (non-hydrogen) atoms. The van der Waals surface area contributed by atoms with Gasteiger partial charge in [-0.2, -0.15) is 0 Å². The molecule has 2 aromatic carbocycles. The van der Waals surface area contributed by atoms with Gasteiger partial charge in [-0.3, -0.25) is 15.2 Å². The summed E-state index contributed by atoms with van der Waals surface area (Å²) in [4.78, 5) is 28.0. The number of carbonyl (C=O) groups is 2. The van der Waals surface area contributed by atoms with Gasteiger partial charge in [-0.25, -0.2) is 14.6 Å². The largest absolute Gasteiger partial charge is 0.505 e. The Bertz CT molecular complexity index is 1050. The number of carboxylic acids is 1. The second kappa shape index (κ2) is 7.99. The molecule has 0 aliphatic heterocycles. The Balaban J connectivity index is 2.11. The highest BCUT2D eigenvalue weighted by atomic mass is 19.1. The Morgan fingerprint density at radius 2 is 1.82 bits per heavy atom. The number of carboxylic acid groups (broad SMARTS) is 1. The summed E-state index contributed by atoms with van der Waals surface area (Å²) in [6.07, 6.45) is 1.88. The molecule has 1 aromatic heterocycles. The van der Waals surface area contributed by atoms with Gasteiger partial charge in [0.05, 0.1) is 12.2 Å². The number of phenols is 1. The molecule has 3 aromatic rings. The summed E-state index contributed by atoms with van der Waals surface area (Å²) in [5, 5.41) is 19.8. The third-order valence-corrected chi connectivity index (χ3v) is 4.10. The SMILES string of the molecule is NCNNC(=O)c1cc(C(=O)O)c(O)c2ncc(Cc3ccc(F)cc3)cc12. The molecule has 0 fully saturated rings. The van der Waals surface area contributed by atoms with Crippen molar-refractivity contribution in [3.8, 4) is 5.75 Å². The molecule has 0 atom stereocenters. The van der Waals surface area contributed by atoms with Gasteiger partial charge in [0.15, 0.2) is 5.75 Å². The first-order valence-corrected chi connectivity index (χ1v) is 8.26. The lowest BCUT2D eigenvalue weighted by atomic mass is 9.99. The zero-order valence-corrected chi connectivity index (χ0v) is 14.6. The van der Waals surface area contributed by atoms with Crippen LogP contribution in [0.2, 0.25) is 0 Å². The van der Waals surface area contributed by atoms with Gasteiger partial charge in [-0.1, -0.05) is 12.1 Å². The first kappa shape index (κ1) is 19.2. The zero-order chi connectivity index (χ0) is 20.3. The van der Waals surface area contributed by atoms with Crippen LogP contribution in [0.4, 0.5) is 4.39 Å². The number of hydrazine groups is 1. The number of fused-ring (bicyclic) bond motifs is 1. The van der Waals surface area contributed by atoms with Crippen LogP contribution in [0, 0.1) is 5.82 Å². The minimum absolute atomic E-state index is 0.0133. The predicted molar refractivity (Wildman–Crippen MR) is 99.2 cm³/mol. The van der Waals surface area contributed by atoms with Gasteiger partial charge in [0.2, 0.25) is 0 Å². The maximum absolute atomic E-state index is 13.1. The number of hydrogen-bond acceptors (Lipinski definition) is 6. The van der Waals surface area contributed by atoms with E-state index in [0.29, 0.717) is 12.0 Å². The molecule has 0 aliphatic carbocycles. The number of aromatic nitrogens is 1. The van der Waals surface area contributed by atoms with Gasteiger partial charge in [0.25, 0.3) is 5.91 Å². The van der Waals surface area contributed by atoms with Crippen molar-refractivity contribution < 1.29 is 24.2 Å². The summed E-state index contributed by atoms with van der Waals surface area (Å²) >= 11 is 0.